The molecule has 1 aromatic carbocycles. The zero-order chi connectivity index (χ0) is 14.7. The summed E-state index contributed by atoms with van der Waals surface area (Å²) < 4.78 is 0. The van der Waals surface area contributed by atoms with Gasteiger partial charge in [-0.15, -0.1) is 0 Å². The Morgan fingerprint density at radius 1 is 1.38 bits per heavy atom. The molecule has 1 heterocycles. The molecule has 1 unspecified atom stereocenters. The van der Waals surface area contributed by atoms with E-state index in [4.69, 9.17) is 0 Å². The Morgan fingerprint density at radius 2 is 2.24 bits per heavy atom. The molecule has 4 nitrogen and oxygen atoms in total. The van der Waals surface area contributed by atoms with Crippen LogP contribution in [0.3, 0.4) is 0 Å². The number of carbonyl (C=O) groups is 1. The Balaban J connectivity index is 1.65. The van der Waals surface area contributed by atoms with Gasteiger partial charge < -0.3 is 15.6 Å². The van der Waals surface area contributed by atoms with Gasteiger partial charge in [-0.05, 0) is 37.3 Å². The van der Waals surface area contributed by atoms with Crippen molar-refractivity contribution < 1.29 is 4.79 Å². The summed E-state index contributed by atoms with van der Waals surface area (Å²) in [6.07, 6.45) is 5.05. The number of hydrogen-bond acceptors (Lipinski definition) is 1. The van der Waals surface area contributed by atoms with Gasteiger partial charge in [-0.2, -0.15) is 0 Å². The highest BCUT2D eigenvalue weighted by Crippen LogP contribution is 2.28. The van der Waals surface area contributed by atoms with Crippen LogP contribution in [-0.2, 0) is 12.8 Å². The highest BCUT2D eigenvalue weighted by atomic mass is 16.2. The summed E-state index contributed by atoms with van der Waals surface area (Å²) in [6, 6.07) is 8.61. The van der Waals surface area contributed by atoms with Crippen LogP contribution in [0.15, 0.2) is 24.3 Å². The van der Waals surface area contributed by atoms with E-state index in [2.05, 4.69) is 46.8 Å². The van der Waals surface area contributed by atoms with Crippen LogP contribution in [0.5, 0.6) is 0 Å². The second-order valence-corrected chi connectivity index (χ2v) is 5.82. The van der Waals surface area contributed by atoms with E-state index in [1.165, 1.54) is 22.2 Å². The number of rotatable bonds is 4. The summed E-state index contributed by atoms with van der Waals surface area (Å²) in [5.74, 6) is 0. The minimum atomic E-state index is -0.0308. The van der Waals surface area contributed by atoms with Crippen LogP contribution in [0.2, 0.25) is 0 Å². The van der Waals surface area contributed by atoms with E-state index in [9.17, 15) is 4.79 Å². The third-order valence-corrected chi connectivity index (χ3v) is 4.25. The molecule has 0 spiro atoms. The number of aromatic amines is 1. The lowest BCUT2D eigenvalue weighted by Crippen LogP contribution is -2.44. The average molecular weight is 285 g/mol. The molecule has 0 fully saturated rings. The number of nitrogens with one attached hydrogen (secondary N) is 3. The third kappa shape index (κ3) is 3.04. The number of benzene rings is 1. The molecule has 1 atom stereocenters. The molecule has 0 bridgehead atoms. The second-order valence-electron chi connectivity index (χ2n) is 5.82. The molecule has 4 heteroatoms. The fraction of sp³-hybridized carbons (Fsp3) is 0.471. The van der Waals surface area contributed by atoms with E-state index in [0.29, 0.717) is 0 Å². The first-order valence-corrected chi connectivity index (χ1v) is 7.90. The lowest BCUT2D eigenvalue weighted by Gasteiger charge is -2.23. The minimum absolute atomic E-state index is 0.0308. The first-order valence-electron chi connectivity index (χ1n) is 7.90. The number of unbranched alkanes of at least 4 members (excludes halogenated alkanes) is 1. The molecule has 1 aliphatic rings. The van der Waals surface area contributed by atoms with Crippen molar-refractivity contribution in [2.75, 3.05) is 6.54 Å². The fourth-order valence-electron chi connectivity index (χ4n) is 3.11. The molecule has 0 aliphatic heterocycles. The molecule has 0 radical (unpaired) electrons. The van der Waals surface area contributed by atoms with E-state index < -0.39 is 0 Å². The Hall–Kier alpha value is -1.97. The minimum Gasteiger partial charge on any atom is -0.358 e. The van der Waals surface area contributed by atoms with Crippen molar-refractivity contribution in [3.8, 4) is 0 Å². The van der Waals surface area contributed by atoms with Crippen molar-refractivity contribution in [3.05, 3.63) is 35.5 Å². The van der Waals surface area contributed by atoms with Crippen LogP contribution >= 0.6 is 0 Å². The van der Waals surface area contributed by atoms with Gasteiger partial charge in [0.05, 0.1) is 0 Å². The van der Waals surface area contributed by atoms with Gasteiger partial charge in [-0.1, -0.05) is 31.5 Å². The van der Waals surface area contributed by atoms with Gasteiger partial charge in [0, 0.05) is 29.2 Å². The molecule has 3 N–H and O–H groups in total. The van der Waals surface area contributed by atoms with E-state index in [0.717, 1.165) is 38.6 Å². The Kier molecular flexibility index (Phi) is 4.13. The lowest BCUT2D eigenvalue weighted by molar-refractivity contribution is 0.235. The first-order chi connectivity index (χ1) is 10.3. The smallest absolute Gasteiger partial charge is 0.315 e. The highest BCUT2D eigenvalue weighted by Gasteiger charge is 2.23. The zero-order valence-corrected chi connectivity index (χ0v) is 12.5. The molecule has 2 aromatic rings. The number of para-hydroxylation sites is 1. The average Bonchev–Trinajstić information content (AvgIpc) is 2.86. The van der Waals surface area contributed by atoms with Crippen LogP contribution in [0.4, 0.5) is 4.79 Å². The van der Waals surface area contributed by atoms with Crippen LogP contribution in [0.1, 0.15) is 37.4 Å². The van der Waals surface area contributed by atoms with Crippen LogP contribution < -0.4 is 10.6 Å². The van der Waals surface area contributed by atoms with E-state index in [1.807, 2.05) is 0 Å². The quantitative estimate of drug-likeness (QED) is 0.743. The normalized spacial score (nSPS) is 17.5. The molecule has 3 rings (SSSR count). The number of carbonyl (C=O) groups excluding carboxylic acids is 1. The second kappa shape index (κ2) is 6.20. The number of aryl methyl sites for hydroxylation is 1. The number of fused-ring (bicyclic) bond motifs is 3. The maximum Gasteiger partial charge on any atom is 0.315 e. The maximum absolute atomic E-state index is 11.9. The molecular weight excluding hydrogens is 262 g/mol. The Morgan fingerprint density at radius 3 is 3.10 bits per heavy atom. The van der Waals surface area contributed by atoms with Gasteiger partial charge in [0.1, 0.15) is 0 Å². The van der Waals surface area contributed by atoms with Crippen molar-refractivity contribution >= 4 is 16.9 Å². The Labute approximate surface area is 125 Å². The van der Waals surface area contributed by atoms with E-state index in [-0.39, 0.29) is 12.1 Å². The molecule has 2 amide bonds. The van der Waals surface area contributed by atoms with Crippen molar-refractivity contribution in [1.29, 1.82) is 0 Å². The Bertz CT molecular complexity index is 632. The molecular formula is C17H23N3O. The van der Waals surface area contributed by atoms with Crippen LogP contribution in [0, 0.1) is 0 Å². The largest absolute Gasteiger partial charge is 0.358 e. The number of H-pyrrole nitrogens is 1. The van der Waals surface area contributed by atoms with Crippen molar-refractivity contribution in [3.63, 3.8) is 0 Å². The molecule has 112 valence electrons. The van der Waals surface area contributed by atoms with Gasteiger partial charge in [-0.25, -0.2) is 4.79 Å². The first kappa shape index (κ1) is 14.0. The van der Waals surface area contributed by atoms with Crippen molar-refractivity contribution in [1.82, 2.24) is 15.6 Å². The van der Waals surface area contributed by atoms with Crippen molar-refractivity contribution in [2.24, 2.45) is 0 Å². The molecule has 0 saturated heterocycles. The predicted molar refractivity (Wildman–Crippen MR) is 85.6 cm³/mol. The SMILES string of the molecule is CCCCNC(=O)NC1CCc2[nH]c3ccccc3c2C1. The summed E-state index contributed by atoms with van der Waals surface area (Å²) in [6.45, 7) is 2.88. The monoisotopic (exact) mass is 285 g/mol. The molecule has 21 heavy (non-hydrogen) atoms. The fourth-order valence-corrected chi connectivity index (χ4v) is 3.11. The predicted octanol–water partition coefficient (Wildman–Crippen LogP) is 3.12. The van der Waals surface area contributed by atoms with E-state index in [1.54, 1.807) is 0 Å². The number of hydrogen-bond donors (Lipinski definition) is 3. The van der Waals surface area contributed by atoms with Crippen LogP contribution in [-0.4, -0.2) is 23.6 Å². The van der Waals surface area contributed by atoms with Gasteiger partial charge in [0.25, 0.3) is 0 Å². The molecule has 0 saturated carbocycles. The summed E-state index contributed by atoms with van der Waals surface area (Å²) in [5, 5.41) is 7.33. The lowest BCUT2D eigenvalue weighted by atomic mass is 9.91. The van der Waals surface area contributed by atoms with Gasteiger partial charge in [0.2, 0.25) is 0 Å². The summed E-state index contributed by atoms with van der Waals surface area (Å²) >= 11 is 0. The van der Waals surface area contributed by atoms with Crippen LogP contribution in [0.25, 0.3) is 10.9 Å². The summed E-state index contributed by atoms with van der Waals surface area (Å²) in [4.78, 5) is 15.4. The van der Waals surface area contributed by atoms with Gasteiger partial charge in [-0.3, -0.25) is 0 Å². The van der Waals surface area contributed by atoms with Gasteiger partial charge in [0.15, 0.2) is 0 Å². The molecule has 1 aromatic heterocycles. The number of amides is 2. The summed E-state index contributed by atoms with van der Waals surface area (Å²) in [7, 11) is 0. The van der Waals surface area contributed by atoms with E-state index >= 15 is 0 Å². The maximum atomic E-state index is 11.9. The standard InChI is InChI=1S/C17H23N3O/c1-2-3-10-18-17(21)19-12-8-9-16-14(11-12)13-6-4-5-7-15(13)20-16/h4-7,12,20H,2-3,8-11H2,1H3,(H2,18,19,21). The highest BCUT2D eigenvalue weighted by molar-refractivity contribution is 5.85. The number of urea groups is 1. The topological polar surface area (TPSA) is 56.9 Å². The number of aromatic nitrogens is 1. The zero-order valence-electron chi connectivity index (χ0n) is 12.5. The molecule has 1 aliphatic carbocycles. The van der Waals surface area contributed by atoms with Gasteiger partial charge >= 0.3 is 6.03 Å². The summed E-state index contributed by atoms with van der Waals surface area (Å²) in [5.41, 5.74) is 3.91. The third-order valence-electron chi connectivity index (χ3n) is 4.25. The van der Waals surface area contributed by atoms with Crippen molar-refractivity contribution in [2.45, 2.75) is 45.1 Å².